The number of aryl methyl sites for hydroxylation is 2. The lowest BCUT2D eigenvalue weighted by atomic mass is 10.1. The number of aromatic nitrogens is 2. The molecule has 0 radical (unpaired) electrons. The summed E-state index contributed by atoms with van der Waals surface area (Å²) in [5, 5.41) is 0.702. The van der Waals surface area contributed by atoms with E-state index in [1.807, 2.05) is 32.0 Å². The first-order valence-corrected chi connectivity index (χ1v) is 10.3. The first kappa shape index (κ1) is 22.2. The Morgan fingerprint density at radius 3 is 2.23 bits per heavy atom. The molecule has 3 aromatic rings. The number of halogens is 1. The highest BCUT2D eigenvalue weighted by Gasteiger charge is 2.14. The summed E-state index contributed by atoms with van der Waals surface area (Å²) in [6, 6.07) is 12.7. The van der Waals surface area contributed by atoms with Crippen molar-refractivity contribution in [3.8, 4) is 5.75 Å². The molecule has 7 nitrogen and oxygen atoms in total. The van der Waals surface area contributed by atoms with E-state index >= 15 is 0 Å². The maximum absolute atomic E-state index is 14.0. The van der Waals surface area contributed by atoms with Crippen molar-refractivity contribution in [1.82, 2.24) is 20.8 Å². The van der Waals surface area contributed by atoms with E-state index in [1.165, 1.54) is 31.0 Å². The lowest BCUT2D eigenvalue weighted by molar-refractivity contribution is 0.0844. The third-order valence-electron chi connectivity index (χ3n) is 4.26. The Labute approximate surface area is 183 Å². The van der Waals surface area contributed by atoms with E-state index in [2.05, 4.69) is 20.8 Å². The molecule has 160 valence electrons. The summed E-state index contributed by atoms with van der Waals surface area (Å²) in [4.78, 5) is 33.1. The summed E-state index contributed by atoms with van der Waals surface area (Å²) in [5.41, 5.74) is 7.46. The number of carbonyl (C=O) groups is 2. The van der Waals surface area contributed by atoms with Gasteiger partial charge in [-0.3, -0.25) is 20.4 Å². The smallest absolute Gasteiger partial charge is 0.272 e. The van der Waals surface area contributed by atoms with Gasteiger partial charge in [0.25, 0.3) is 11.8 Å². The maximum Gasteiger partial charge on any atom is 0.272 e. The molecule has 0 aliphatic carbocycles. The molecule has 0 spiro atoms. The molecule has 0 bridgehead atoms. The summed E-state index contributed by atoms with van der Waals surface area (Å²) < 4.78 is 18.9. The molecule has 31 heavy (non-hydrogen) atoms. The molecule has 2 N–H and O–H groups in total. The molecule has 1 heterocycles. The Hall–Kier alpha value is -3.46. The number of thioether (sulfide) groups is 1. The van der Waals surface area contributed by atoms with E-state index in [-0.39, 0.29) is 5.56 Å². The molecule has 1 aromatic heterocycles. The zero-order chi connectivity index (χ0) is 22.4. The van der Waals surface area contributed by atoms with Gasteiger partial charge in [0.1, 0.15) is 11.6 Å². The van der Waals surface area contributed by atoms with Crippen LogP contribution in [0.15, 0.2) is 53.7 Å². The van der Waals surface area contributed by atoms with Crippen molar-refractivity contribution < 1.29 is 18.7 Å². The number of carbonyl (C=O) groups excluding carboxylic acids is 2. The number of hydrogen-bond acceptors (Lipinski definition) is 6. The average molecular weight is 441 g/mol. The van der Waals surface area contributed by atoms with Crippen molar-refractivity contribution in [1.29, 1.82) is 0 Å². The molecular weight excluding hydrogens is 419 g/mol. The summed E-state index contributed by atoms with van der Waals surface area (Å²) >= 11 is 1.51. The van der Waals surface area contributed by atoms with Crippen molar-refractivity contribution in [3.05, 3.63) is 82.4 Å². The van der Waals surface area contributed by atoms with Gasteiger partial charge in [-0.1, -0.05) is 23.9 Å². The predicted octanol–water partition coefficient (Wildman–Crippen LogP) is 3.61. The van der Waals surface area contributed by atoms with E-state index in [9.17, 15) is 14.0 Å². The second kappa shape index (κ2) is 10.0. The lowest BCUT2D eigenvalue weighted by Crippen LogP contribution is -2.41. The normalized spacial score (nSPS) is 10.5. The van der Waals surface area contributed by atoms with Gasteiger partial charge in [0.2, 0.25) is 0 Å². The summed E-state index contributed by atoms with van der Waals surface area (Å²) in [5.74, 6) is -1.09. The maximum atomic E-state index is 14.0. The van der Waals surface area contributed by atoms with Gasteiger partial charge < -0.3 is 4.74 Å². The molecular formula is C22H21FN4O3S. The van der Waals surface area contributed by atoms with Crippen LogP contribution in [0.5, 0.6) is 5.75 Å². The fraction of sp³-hybridized carbons (Fsp3) is 0.182. The molecule has 0 saturated carbocycles. The van der Waals surface area contributed by atoms with Crippen LogP contribution in [0.4, 0.5) is 4.39 Å². The number of amides is 2. The number of methoxy groups -OCH3 is 1. The van der Waals surface area contributed by atoms with Gasteiger partial charge >= 0.3 is 0 Å². The van der Waals surface area contributed by atoms with Crippen LogP contribution in [-0.4, -0.2) is 28.9 Å². The fourth-order valence-electron chi connectivity index (χ4n) is 2.72. The highest BCUT2D eigenvalue weighted by Crippen LogP contribution is 2.20. The third-order valence-corrected chi connectivity index (χ3v) is 5.17. The number of nitrogens with one attached hydrogen (secondary N) is 2. The van der Waals surface area contributed by atoms with Crippen LogP contribution in [0.1, 0.15) is 37.7 Å². The highest BCUT2D eigenvalue weighted by atomic mass is 32.2. The first-order valence-electron chi connectivity index (χ1n) is 9.34. The number of hydrazine groups is 1. The Balaban J connectivity index is 1.54. The SMILES string of the molecule is COc1ccc(C(=O)NNC(=O)c2ccc(CSc3nc(C)cc(C)n3)cc2)c(F)c1. The van der Waals surface area contributed by atoms with Gasteiger partial charge in [0, 0.05) is 28.8 Å². The van der Waals surface area contributed by atoms with Crippen molar-refractivity contribution in [3.63, 3.8) is 0 Å². The van der Waals surface area contributed by atoms with Gasteiger partial charge in [-0.15, -0.1) is 0 Å². The van der Waals surface area contributed by atoms with Crippen molar-refractivity contribution in [2.45, 2.75) is 24.8 Å². The Morgan fingerprint density at radius 1 is 0.968 bits per heavy atom. The molecule has 0 aliphatic heterocycles. The Kier molecular flexibility index (Phi) is 7.19. The van der Waals surface area contributed by atoms with Crippen molar-refractivity contribution in [2.75, 3.05) is 7.11 Å². The van der Waals surface area contributed by atoms with E-state index in [1.54, 1.807) is 12.1 Å². The van der Waals surface area contributed by atoms with Gasteiger partial charge in [-0.05, 0) is 49.7 Å². The second-order valence-electron chi connectivity index (χ2n) is 6.67. The fourth-order valence-corrected chi connectivity index (χ4v) is 3.62. The van der Waals surface area contributed by atoms with Gasteiger partial charge in [-0.25, -0.2) is 14.4 Å². The zero-order valence-electron chi connectivity index (χ0n) is 17.2. The minimum atomic E-state index is -0.769. The predicted molar refractivity (Wildman–Crippen MR) is 115 cm³/mol. The van der Waals surface area contributed by atoms with E-state index < -0.39 is 17.6 Å². The average Bonchev–Trinajstić information content (AvgIpc) is 2.75. The molecule has 0 atom stereocenters. The van der Waals surface area contributed by atoms with Gasteiger partial charge in [0.15, 0.2) is 5.16 Å². The molecule has 0 unspecified atom stereocenters. The summed E-state index contributed by atoms with van der Waals surface area (Å²) in [6.07, 6.45) is 0. The van der Waals surface area contributed by atoms with E-state index in [0.717, 1.165) is 23.0 Å². The highest BCUT2D eigenvalue weighted by molar-refractivity contribution is 7.98. The van der Waals surface area contributed by atoms with Crippen LogP contribution in [0, 0.1) is 19.7 Å². The number of ether oxygens (including phenoxy) is 1. The van der Waals surface area contributed by atoms with Crippen molar-refractivity contribution in [2.24, 2.45) is 0 Å². The minimum absolute atomic E-state index is 0.206. The largest absolute Gasteiger partial charge is 0.497 e. The Morgan fingerprint density at radius 2 is 1.61 bits per heavy atom. The molecule has 0 aliphatic rings. The van der Waals surface area contributed by atoms with Crippen LogP contribution in [0.25, 0.3) is 0 Å². The van der Waals surface area contributed by atoms with Crippen LogP contribution >= 0.6 is 11.8 Å². The van der Waals surface area contributed by atoms with Crippen LogP contribution in [0.2, 0.25) is 0 Å². The summed E-state index contributed by atoms with van der Waals surface area (Å²) in [6.45, 7) is 3.85. The zero-order valence-corrected chi connectivity index (χ0v) is 18.0. The summed E-state index contributed by atoms with van der Waals surface area (Å²) in [7, 11) is 1.40. The number of benzene rings is 2. The minimum Gasteiger partial charge on any atom is -0.497 e. The standard InChI is InChI=1S/C22H21FN4O3S/c1-13-10-14(2)25-22(24-13)31-12-15-4-6-16(7-5-15)20(28)26-27-21(29)18-9-8-17(30-3)11-19(18)23/h4-11H,12H2,1-3H3,(H,26,28)(H,27,29). The first-order chi connectivity index (χ1) is 14.9. The van der Waals surface area contributed by atoms with Gasteiger partial charge in [-0.2, -0.15) is 0 Å². The van der Waals surface area contributed by atoms with Crippen LogP contribution in [0.3, 0.4) is 0 Å². The number of rotatable bonds is 6. The third kappa shape index (κ3) is 6.02. The molecule has 2 amide bonds. The lowest BCUT2D eigenvalue weighted by Gasteiger charge is -2.09. The molecule has 0 saturated heterocycles. The monoisotopic (exact) mass is 440 g/mol. The van der Waals surface area contributed by atoms with Crippen LogP contribution < -0.4 is 15.6 Å². The topological polar surface area (TPSA) is 93.2 Å². The number of nitrogens with zero attached hydrogens (tertiary/aromatic N) is 2. The molecule has 9 heteroatoms. The van der Waals surface area contributed by atoms with Crippen molar-refractivity contribution >= 4 is 23.6 Å². The second-order valence-corrected chi connectivity index (χ2v) is 7.62. The molecule has 3 rings (SSSR count). The quantitative estimate of drug-likeness (QED) is 0.346. The molecule has 2 aromatic carbocycles. The van der Waals surface area contributed by atoms with E-state index in [4.69, 9.17) is 4.74 Å². The molecule has 0 fully saturated rings. The number of hydrogen-bond donors (Lipinski definition) is 2. The van der Waals surface area contributed by atoms with E-state index in [0.29, 0.717) is 22.2 Å². The van der Waals surface area contributed by atoms with Gasteiger partial charge in [0.05, 0.1) is 12.7 Å². The van der Waals surface area contributed by atoms with Crippen LogP contribution in [-0.2, 0) is 5.75 Å². The Bertz CT molecular complexity index is 1090.